The Morgan fingerprint density at radius 3 is 2.67 bits per heavy atom. The topological polar surface area (TPSA) is 115 Å². The molecule has 1 aliphatic rings. The Kier molecular flexibility index (Phi) is 9.42. The lowest BCUT2D eigenvalue weighted by Crippen LogP contribution is -2.31. The summed E-state index contributed by atoms with van der Waals surface area (Å²) in [7, 11) is 0. The van der Waals surface area contributed by atoms with Crippen LogP contribution < -0.4 is 14.4 Å². The summed E-state index contributed by atoms with van der Waals surface area (Å²) in [5.74, 6) is -0.654. The SMILES string of the molecule is CCCOc1ccc(C2C(C(=O)c3ccco3)=C(O)C(=O)N2c2nnc(SCc3ccc(Cl)cc3Cl)s2)cc1OCC. The molecular weight excluding hydrogens is 621 g/mol. The number of hydrogen-bond donors (Lipinski definition) is 1. The minimum atomic E-state index is -1.04. The summed E-state index contributed by atoms with van der Waals surface area (Å²) in [6.07, 6.45) is 2.15. The van der Waals surface area contributed by atoms with Gasteiger partial charge in [-0.2, -0.15) is 0 Å². The monoisotopic (exact) mass is 645 g/mol. The first-order chi connectivity index (χ1) is 20.3. The molecule has 2 aromatic heterocycles. The number of rotatable bonds is 12. The van der Waals surface area contributed by atoms with E-state index >= 15 is 0 Å². The van der Waals surface area contributed by atoms with Crippen molar-refractivity contribution in [1.82, 2.24) is 10.2 Å². The molecule has 1 aliphatic heterocycles. The molecule has 3 heterocycles. The standard InChI is InChI=1S/C29H25Cl2N3O6S2/c1-3-11-39-20-10-8-16(13-22(20)38-4-2)24-23(25(35)21-6-5-12-40-21)26(36)27(37)34(24)28-32-33-29(42-28)41-15-17-7-9-18(30)14-19(17)31/h5-10,12-14,24,36H,3-4,11,15H2,1-2H3. The average molecular weight is 647 g/mol. The van der Waals surface area contributed by atoms with Gasteiger partial charge in [0, 0.05) is 15.8 Å². The number of aromatic nitrogens is 2. The molecule has 0 fully saturated rings. The number of hydrogen-bond acceptors (Lipinski definition) is 10. The zero-order valence-electron chi connectivity index (χ0n) is 22.5. The molecule has 218 valence electrons. The van der Waals surface area contributed by atoms with Gasteiger partial charge in [-0.25, -0.2) is 0 Å². The Morgan fingerprint density at radius 2 is 1.95 bits per heavy atom. The van der Waals surface area contributed by atoms with Crippen molar-refractivity contribution in [2.45, 2.75) is 36.4 Å². The minimum Gasteiger partial charge on any atom is -0.503 e. The van der Waals surface area contributed by atoms with Gasteiger partial charge in [-0.15, -0.1) is 10.2 Å². The van der Waals surface area contributed by atoms with Crippen LogP contribution in [0.2, 0.25) is 10.0 Å². The summed E-state index contributed by atoms with van der Waals surface area (Å²) < 4.78 is 17.6. The summed E-state index contributed by atoms with van der Waals surface area (Å²) in [6.45, 7) is 4.70. The molecule has 1 amide bonds. The van der Waals surface area contributed by atoms with Gasteiger partial charge in [-0.3, -0.25) is 14.5 Å². The van der Waals surface area contributed by atoms with Gasteiger partial charge in [0.15, 0.2) is 27.4 Å². The maximum atomic E-state index is 13.6. The predicted octanol–water partition coefficient (Wildman–Crippen LogP) is 7.70. The molecule has 5 rings (SSSR count). The number of ether oxygens (including phenoxy) is 2. The number of anilines is 1. The molecule has 1 N–H and O–H groups in total. The predicted molar refractivity (Wildman–Crippen MR) is 162 cm³/mol. The number of aliphatic hydroxyl groups excluding tert-OH is 1. The summed E-state index contributed by atoms with van der Waals surface area (Å²) in [4.78, 5) is 28.4. The second-order valence-electron chi connectivity index (χ2n) is 9.01. The number of carbonyl (C=O) groups is 2. The average Bonchev–Trinajstić information content (AvgIpc) is 3.73. The number of furan rings is 1. The molecule has 1 atom stereocenters. The number of halogens is 2. The molecule has 0 bridgehead atoms. The normalized spacial score (nSPS) is 15.0. The number of Topliss-reactive ketones (excluding diaryl/α,β-unsaturated/α-hetero) is 1. The summed E-state index contributed by atoms with van der Waals surface area (Å²) >= 11 is 14.9. The first-order valence-corrected chi connectivity index (χ1v) is 15.5. The highest BCUT2D eigenvalue weighted by Gasteiger charge is 2.47. The summed E-state index contributed by atoms with van der Waals surface area (Å²) in [5.41, 5.74) is 1.22. The molecule has 0 radical (unpaired) electrons. The molecule has 13 heteroatoms. The van der Waals surface area contributed by atoms with E-state index in [-0.39, 0.29) is 16.5 Å². The van der Waals surface area contributed by atoms with Crippen LogP contribution in [0.15, 0.2) is 74.9 Å². The fourth-order valence-electron chi connectivity index (χ4n) is 4.32. The lowest BCUT2D eigenvalue weighted by molar-refractivity contribution is -0.117. The van der Waals surface area contributed by atoms with Crippen LogP contribution in [0.4, 0.5) is 5.13 Å². The molecule has 1 unspecified atom stereocenters. The van der Waals surface area contributed by atoms with Crippen LogP contribution in [0.1, 0.15) is 48.0 Å². The number of amides is 1. The molecule has 2 aromatic carbocycles. The Balaban J connectivity index is 1.52. The molecule has 9 nitrogen and oxygen atoms in total. The van der Waals surface area contributed by atoms with E-state index in [1.165, 1.54) is 29.0 Å². The lowest BCUT2D eigenvalue weighted by atomic mass is 9.95. The third kappa shape index (κ3) is 6.14. The van der Waals surface area contributed by atoms with Gasteiger partial charge in [0.05, 0.1) is 31.1 Å². The van der Waals surface area contributed by atoms with Crippen LogP contribution in [0, 0.1) is 0 Å². The summed E-state index contributed by atoms with van der Waals surface area (Å²) in [5, 5.41) is 20.8. The zero-order chi connectivity index (χ0) is 29.8. The van der Waals surface area contributed by atoms with E-state index in [0.717, 1.165) is 23.3 Å². The van der Waals surface area contributed by atoms with Crippen molar-refractivity contribution in [2.75, 3.05) is 18.1 Å². The first kappa shape index (κ1) is 30.0. The lowest BCUT2D eigenvalue weighted by Gasteiger charge is -2.24. The number of ketones is 1. The molecule has 4 aromatic rings. The highest BCUT2D eigenvalue weighted by Crippen LogP contribution is 2.45. The van der Waals surface area contributed by atoms with Gasteiger partial charge >= 0.3 is 0 Å². The van der Waals surface area contributed by atoms with Crippen molar-refractivity contribution in [3.63, 3.8) is 0 Å². The van der Waals surface area contributed by atoms with E-state index in [2.05, 4.69) is 10.2 Å². The number of benzene rings is 2. The fourth-order valence-corrected chi connectivity index (χ4v) is 6.75. The largest absolute Gasteiger partial charge is 0.503 e. The highest BCUT2D eigenvalue weighted by molar-refractivity contribution is 8.00. The van der Waals surface area contributed by atoms with Gasteiger partial charge in [-0.05, 0) is 60.9 Å². The minimum absolute atomic E-state index is 0.0162. The van der Waals surface area contributed by atoms with Crippen LogP contribution in [0.3, 0.4) is 0 Å². The summed E-state index contributed by atoms with van der Waals surface area (Å²) in [6, 6.07) is 12.4. The van der Waals surface area contributed by atoms with Crippen LogP contribution in [-0.4, -0.2) is 40.2 Å². The third-order valence-corrected chi connectivity index (χ3v) is 8.90. The van der Waals surface area contributed by atoms with Gasteiger partial charge in [0.1, 0.15) is 0 Å². The van der Waals surface area contributed by atoms with Gasteiger partial charge in [-0.1, -0.05) is 65.4 Å². The van der Waals surface area contributed by atoms with Crippen LogP contribution in [0.5, 0.6) is 11.5 Å². The van der Waals surface area contributed by atoms with E-state index < -0.39 is 23.5 Å². The van der Waals surface area contributed by atoms with Gasteiger partial charge < -0.3 is 19.0 Å². The number of nitrogens with zero attached hydrogens (tertiary/aromatic N) is 3. The van der Waals surface area contributed by atoms with Crippen LogP contribution in [-0.2, 0) is 10.5 Å². The van der Waals surface area contributed by atoms with Gasteiger partial charge in [0.2, 0.25) is 10.9 Å². The second-order valence-corrected chi connectivity index (χ2v) is 12.0. The maximum absolute atomic E-state index is 13.6. The molecular formula is C29H25Cl2N3O6S2. The van der Waals surface area contributed by atoms with Crippen molar-refractivity contribution in [2.24, 2.45) is 0 Å². The number of aliphatic hydroxyl groups is 1. The van der Waals surface area contributed by atoms with Gasteiger partial charge in [0.25, 0.3) is 5.91 Å². The maximum Gasteiger partial charge on any atom is 0.296 e. The van der Waals surface area contributed by atoms with Crippen molar-refractivity contribution in [3.8, 4) is 11.5 Å². The van der Waals surface area contributed by atoms with E-state index in [0.29, 0.717) is 50.4 Å². The van der Waals surface area contributed by atoms with Crippen molar-refractivity contribution >= 4 is 63.1 Å². The van der Waals surface area contributed by atoms with E-state index in [4.69, 9.17) is 37.1 Å². The molecule has 0 saturated heterocycles. The quantitative estimate of drug-likeness (QED) is 0.0939. The van der Waals surface area contributed by atoms with Crippen molar-refractivity contribution < 1.29 is 28.6 Å². The first-order valence-electron chi connectivity index (χ1n) is 13.0. The fraction of sp³-hybridized carbons (Fsp3) is 0.241. The van der Waals surface area contributed by atoms with Crippen molar-refractivity contribution in [1.29, 1.82) is 0 Å². The third-order valence-electron chi connectivity index (χ3n) is 6.21. The Labute approximate surface area is 260 Å². The highest BCUT2D eigenvalue weighted by atomic mass is 35.5. The smallest absolute Gasteiger partial charge is 0.296 e. The van der Waals surface area contributed by atoms with Crippen LogP contribution in [0.25, 0.3) is 0 Å². The van der Waals surface area contributed by atoms with E-state index in [1.807, 2.05) is 19.9 Å². The Bertz CT molecular complexity index is 1640. The molecule has 42 heavy (non-hydrogen) atoms. The van der Waals surface area contributed by atoms with Crippen molar-refractivity contribution in [3.05, 3.63) is 93.1 Å². The Hall–Kier alpha value is -3.51. The van der Waals surface area contributed by atoms with E-state index in [1.54, 1.807) is 36.4 Å². The number of thioether (sulfide) groups is 1. The number of carbonyl (C=O) groups excluding carboxylic acids is 2. The second kappa shape index (κ2) is 13.2. The zero-order valence-corrected chi connectivity index (χ0v) is 25.6. The molecule has 0 spiro atoms. The molecule has 0 aliphatic carbocycles. The van der Waals surface area contributed by atoms with Crippen LogP contribution >= 0.6 is 46.3 Å². The molecule has 0 saturated carbocycles. The van der Waals surface area contributed by atoms with E-state index in [9.17, 15) is 14.7 Å². The Morgan fingerprint density at radius 1 is 1.12 bits per heavy atom.